The molecule has 0 spiro atoms. The molecule has 3 aromatic rings. The van der Waals surface area contributed by atoms with Gasteiger partial charge in [-0.1, -0.05) is 6.07 Å². The number of benzene rings is 1. The average molecular weight is 303 g/mol. The summed E-state index contributed by atoms with van der Waals surface area (Å²) in [5, 5.41) is 9.00. The fourth-order valence-corrected chi connectivity index (χ4v) is 2.78. The first-order valence-corrected chi connectivity index (χ1v) is 7.85. The number of hydrogen-bond acceptors (Lipinski definition) is 6. The molecule has 6 heteroatoms. The SMILES string of the molecule is Cc1ccc(Nc2nccs2)cc1OCc1nccs1. The smallest absolute Gasteiger partial charge is 0.187 e. The van der Waals surface area contributed by atoms with Gasteiger partial charge in [-0.15, -0.1) is 22.7 Å². The lowest BCUT2D eigenvalue weighted by molar-refractivity contribution is 0.303. The van der Waals surface area contributed by atoms with Gasteiger partial charge in [-0.3, -0.25) is 0 Å². The Morgan fingerprint density at radius 2 is 2.00 bits per heavy atom. The zero-order chi connectivity index (χ0) is 13.8. The third kappa shape index (κ3) is 3.15. The number of rotatable bonds is 5. The molecule has 0 fully saturated rings. The van der Waals surface area contributed by atoms with Gasteiger partial charge in [0, 0.05) is 34.9 Å². The Bertz CT molecular complexity index is 666. The van der Waals surface area contributed by atoms with Crippen LogP contribution in [0.15, 0.2) is 41.4 Å². The third-order valence-corrected chi connectivity index (χ3v) is 4.15. The Kier molecular flexibility index (Phi) is 3.94. The Morgan fingerprint density at radius 3 is 2.75 bits per heavy atom. The van der Waals surface area contributed by atoms with Gasteiger partial charge in [-0.05, 0) is 18.6 Å². The van der Waals surface area contributed by atoms with E-state index in [0.717, 1.165) is 27.1 Å². The van der Waals surface area contributed by atoms with Crippen molar-refractivity contribution in [3.63, 3.8) is 0 Å². The van der Waals surface area contributed by atoms with Crippen LogP contribution in [0.5, 0.6) is 5.75 Å². The number of nitrogens with zero attached hydrogens (tertiary/aromatic N) is 2. The molecule has 0 radical (unpaired) electrons. The van der Waals surface area contributed by atoms with Crippen molar-refractivity contribution in [2.24, 2.45) is 0 Å². The lowest BCUT2D eigenvalue weighted by atomic mass is 10.2. The number of aromatic nitrogens is 2. The quantitative estimate of drug-likeness (QED) is 0.766. The average Bonchev–Trinajstić information content (AvgIpc) is 3.12. The molecule has 0 saturated carbocycles. The summed E-state index contributed by atoms with van der Waals surface area (Å²) in [6, 6.07) is 6.05. The number of nitrogens with one attached hydrogen (secondary N) is 1. The lowest BCUT2D eigenvalue weighted by Gasteiger charge is -2.10. The first-order chi connectivity index (χ1) is 9.81. The van der Waals surface area contributed by atoms with Gasteiger partial charge in [0.25, 0.3) is 0 Å². The number of thiazole rings is 2. The van der Waals surface area contributed by atoms with E-state index in [2.05, 4.69) is 15.3 Å². The molecule has 1 N–H and O–H groups in total. The second-order valence-electron chi connectivity index (χ2n) is 4.16. The predicted octanol–water partition coefficient (Wildman–Crippen LogP) is 4.23. The highest BCUT2D eigenvalue weighted by Crippen LogP contribution is 2.26. The molecule has 0 unspecified atom stereocenters. The highest BCUT2D eigenvalue weighted by Gasteiger charge is 2.04. The van der Waals surface area contributed by atoms with E-state index in [1.54, 1.807) is 35.1 Å². The summed E-state index contributed by atoms with van der Waals surface area (Å²) >= 11 is 3.16. The molecule has 2 aromatic heterocycles. The molecule has 0 aliphatic carbocycles. The second-order valence-corrected chi connectivity index (χ2v) is 6.03. The number of ether oxygens (including phenoxy) is 1. The minimum absolute atomic E-state index is 0.499. The summed E-state index contributed by atoms with van der Waals surface area (Å²) in [6.45, 7) is 2.53. The van der Waals surface area contributed by atoms with Gasteiger partial charge >= 0.3 is 0 Å². The van der Waals surface area contributed by atoms with E-state index in [9.17, 15) is 0 Å². The summed E-state index contributed by atoms with van der Waals surface area (Å²) in [4.78, 5) is 8.42. The Hall–Kier alpha value is -1.92. The van der Waals surface area contributed by atoms with Gasteiger partial charge < -0.3 is 10.1 Å². The van der Waals surface area contributed by atoms with Crippen LogP contribution in [0.2, 0.25) is 0 Å². The molecule has 0 aliphatic rings. The molecule has 0 saturated heterocycles. The number of aryl methyl sites for hydroxylation is 1. The first-order valence-electron chi connectivity index (χ1n) is 6.09. The van der Waals surface area contributed by atoms with Crippen molar-refractivity contribution < 1.29 is 4.74 Å². The summed E-state index contributed by atoms with van der Waals surface area (Å²) in [6.07, 6.45) is 3.57. The number of anilines is 2. The monoisotopic (exact) mass is 303 g/mol. The summed E-state index contributed by atoms with van der Waals surface area (Å²) in [5.41, 5.74) is 2.07. The van der Waals surface area contributed by atoms with Gasteiger partial charge in [0.15, 0.2) is 5.13 Å². The topological polar surface area (TPSA) is 47.0 Å². The molecular weight excluding hydrogens is 290 g/mol. The zero-order valence-electron chi connectivity index (χ0n) is 10.9. The van der Waals surface area contributed by atoms with Crippen molar-refractivity contribution in [2.75, 3.05) is 5.32 Å². The zero-order valence-corrected chi connectivity index (χ0v) is 12.5. The van der Waals surface area contributed by atoms with E-state index in [0.29, 0.717) is 6.61 Å². The fraction of sp³-hybridized carbons (Fsp3) is 0.143. The van der Waals surface area contributed by atoms with Crippen molar-refractivity contribution in [1.29, 1.82) is 0 Å². The van der Waals surface area contributed by atoms with Gasteiger partial charge in [0.1, 0.15) is 17.4 Å². The minimum atomic E-state index is 0.499. The third-order valence-electron chi connectivity index (χ3n) is 2.71. The fourth-order valence-electron chi connectivity index (χ4n) is 1.71. The maximum atomic E-state index is 5.83. The van der Waals surface area contributed by atoms with E-state index in [1.807, 2.05) is 35.9 Å². The molecule has 0 aliphatic heterocycles. The van der Waals surface area contributed by atoms with Crippen LogP contribution in [0.1, 0.15) is 10.6 Å². The van der Waals surface area contributed by atoms with Crippen molar-refractivity contribution in [1.82, 2.24) is 9.97 Å². The molecular formula is C14H13N3OS2. The summed E-state index contributed by atoms with van der Waals surface area (Å²) in [7, 11) is 0. The summed E-state index contributed by atoms with van der Waals surface area (Å²) in [5.74, 6) is 0.863. The molecule has 2 heterocycles. The van der Waals surface area contributed by atoms with E-state index < -0.39 is 0 Å². The van der Waals surface area contributed by atoms with Gasteiger partial charge in [-0.2, -0.15) is 0 Å². The maximum Gasteiger partial charge on any atom is 0.187 e. The van der Waals surface area contributed by atoms with Crippen LogP contribution in [-0.2, 0) is 6.61 Å². The van der Waals surface area contributed by atoms with E-state index in [4.69, 9.17) is 4.74 Å². The largest absolute Gasteiger partial charge is 0.486 e. The van der Waals surface area contributed by atoms with Crippen LogP contribution in [0.3, 0.4) is 0 Å². The predicted molar refractivity (Wildman–Crippen MR) is 83.0 cm³/mol. The Labute approximate surface area is 125 Å². The van der Waals surface area contributed by atoms with E-state index >= 15 is 0 Å². The Morgan fingerprint density at radius 1 is 1.15 bits per heavy atom. The van der Waals surface area contributed by atoms with Crippen molar-refractivity contribution in [3.05, 3.63) is 51.9 Å². The van der Waals surface area contributed by atoms with Gasteiger partial charge in [-0.25, -0.2) is 9.97 Å². The lowest BCUT2D eigenvalue weighted by Crippen LogP contribution is -1.97. The highest BCUT2D eigenvalue weighted by molar-refractivity contribution is 7.13. The van der Waals surface area contributed by atoms with Crippen LogP contribution >= 0.6 is 22.7 Å². The minimum Gasteiger partial charge on any atom is -0.486 e. The van der Waals surface area contributed by atoms with Gasteiger partial charge in [0.05, 0.1) is 0 Å². The highest BCUT2D eigenvalue weighted by atomic mass is 32.1. The van der Waals surface area contributed by atoms with Crippen molar-refractivity contribution in [3.8, 4) is 5.75 Å². The molecule has 20 heavy (non-hydrogen) atoms. The molecule has 0 bridgehead atoms. The first kappa shape index (κ1) is 13.1. The molecule has 3 rings (SSSR count). The Balaban J connectivity index is 1.72. The van der Waals surface area contributed by atoms with Crippen LogP contribution in [-0.4, -0.2) is 9.97 Å². The maximum absolute atomic E-state index is 5.83. The molecule has 102 valence electrons. The van der Waals surface area contributed by atoms with Crippen LogP contribution in [0.4, 0.5) is 10.8 Å². The molecule has 0 amide bonds. The molecule has 0 atom stereocenters. The van der Waals surface area contributed by atoms with E-state index in [1.165, 1.54) is 0 Å². The van der Waals surface area contributed by atoms with Crippen LogP contribution in [0.25, 0.3) is 0 Å². The summed E-state index contributed by atoms with van der Waals surface area (Å²) < 4.78 is 5.83. The van der Waals surface area contributed by atoms with Crippen molar-refractivity contribution >= 4 is 33.5 Å². The van der Waals surface area contributed by atoms with Crippen LogP contribution in [0, 0.1) is 6.92 Å². The second kappa shape index (κ2) is 6.02. The van der Waals surface area contributed by atoms with Gasteiger partial charge in [0.2, 0.25) is 0 Å². The standard InChI is InChI=1S/C14H13N3OS2/c1-10-2-3-11(17-14-16-5-7-20-14)8-12(10)18-9-13-15-4-6-19-13/h2-8H,9H2,1H3,(H,16,17). The normalized spacial score (nSPS) is 10.4. The van der Waals surface area contributed by atoms with Crippen molar-refractivity contribution in [2.45, 2.75) is 13.5 Å². The van der Waals surface area contributed by atoms with E-state index in [-0.39, 0.29) is 0 Å². The number of hydrogen-bond donors (Lipinski definition) is 1. The molecule has 1 aromatic carbocycles. The molecule has 4 nitrogen and oxygen atoms in total. The van der Waals surface area contributed by atoms with Crippen LogP contribution < -0.4 is 10.1 Å².